The maximum Gasteiger partial charge on any atom is 0.272 e. The summed E-state index contributed by atoms with van der Waals surface area (Å²) >= 11 is 0. The van der Waals surface area contributed by atoms with E-state index >= 15 is 0 Å². The van der Waals surface area contributed by atoms with Crippen LogP contribution in [0.1, 0.15) is 13.3 Å². The molecule has 0 aromatic carbocycles. The van der Waals surface area contributed by atoms with Gasteiger partial charge < -0.3 is 5.73 Å². The van der Waals surface area contributed by atoms with Crippen molar-refractivity contribution in [3.05, 3.63) is 0 Å². The maximum atomic E-state index is 12.8. The third kappa shape index (κ3) is 6.15. The lowest BCUT2D eigenvalue weighted by atomic mass is 10.3. The first-order valence-corrected chi connectivity index (χ1v) is 4.49. The molecule has 0 aliphatic rings. The molecule has 0 bridgehead atoms. The molecule has 0 unspecified atom stereocenters. The molecule has 0 fully saturated rings. The smallest absolute Gasteiger partial charge is 0.272 e. The molecule has 0 saturated heterocycles. The minimum absolute atomic E-state index is 0.236. The quantitative estimate of drug-likeness (QED) is 0.654. The van der Waals surface area contributed by atoms with E-state index in [1.807, 2.05) is 0 Å². The minimum Gasteiger partial charge on any atom is -0.325 e. The third-order valence-corrected chi connectivity index (χ3v) is 1.69. The van der Waals surface area contributed by atoms with Crippen molar-refractivity contribution in [1.82, 2.24) is 4.90 Å². The van der Waals surface area contributed by atoms with Crippen LogP contribution in [0.4, 0.5) is 17.6 Å². The normalized spacial score (nSPS) is 12.9. The summed E-state index contributed by atoms with van der Waals surface area (Å²) in [4.78, 5) is 1.04. The topological polar surface area (TPSA) is 29.3 Å². The minimum atomic E-state index is -3.08. The van der Waals surface area contributed by atoms with E-state index in [9.17, 15) is 17.6 Å². The number of nitrogens with two attached hydrogens (primary N) is 1. The van der Waals surface area contributed by atoms with E-state index in [1.165, 1.54) is 0 Å². The Kier molecular flexibility index (Phi) is 6.03. The van der Waals surface area contributed by atoms with E-state index in [0.29, 0.717) is 6.42 Å². The van der Waals surface area contributed by atoms with Crippen LogP contribution in [-0.4, -0.2) is 43.4 Å². The van der Waals surface area contributed by atoms with Gasteiger partial charge in [-0.05, 0) is 13.0 Å². The lowest BCUT2D eigenvalue weighted by molar-refractivity contribution is -0.0357. The van der Waals surface area contributed by atoms with Crippen LogP contribution >= 0.6 is 0 Å². The first-order valence-electron chi connectivity index (χ1n) is 4.49. The van der Waals surface area contributed by atoms with Gasteiger partial charge in [-0.2, -0.15) is 0 Å². The van der Waals surface area contributed by atoms with Crippen molar-refractivity contribution in [1.29, 1.82) is 0 Å². The summed E-state index contributed by atoms with van der Waals surface area (Å²) in [5, 5.41) is 0. The fourth-order valence-corrected chi connectivity index (χ4v) is 1.14. The van der Waals surface area contributed by atoms with Crippen molar-refractivity contribution in [2.45, 2.75) is 25.7 Å². The molecule has 86 valence electrons. The number of rotatable bonds is 7. The highest BCUT2D eigenvalue weighted by Gasteiger charge is 2.30. The summed E-state index contributed by atoms with van der Waals surface area (Å²) in [6.07, 6.45) is -2.02. The summed E-state index contributed by atoms with van der Waals surface area (Å²) in [6, 6.07) is 0. The molecule has 0 rings (SSSR count). The van der Waals surface area contributed by atoms with Crippen LogP contribution in [0.25, 0.3) is 0 Å². The highest BCUT2D eigenvalue weighted by atomic mass is 19.3. The van der Waals surface area contributed by atoms with E-state index in [1.54, 1.807) is 6.92 Å². The van der Waals surface area contributed by atoms with E-state index in [2.05, 4.69) is 0 Å². The number of halogens is 4. The summed E-state index contributed by atoms with van der Waals surface area (Å²) < 4.78 is 49.5. The van der Waals surface area contributed by atoms with Crippen LogP contribution in [-0.2, 0) is 0 Å². The molecule has 0 aliphatic heterocycles. The molecule has 0 radical (unpaired) electrons. The van der Waals surface area contributed by atoms with E-state index in [4.69, 9.17) is 5.73 Å². The van der Waals surface area contributed by atoms with E-state index in [-0.39, 0.29) is 6.54 Å². The van der Waals surface area contributed by atoms with Crippen molar-refractivity contribution < 1.29 is 17.6 Å². The summed E-state index contributed by atoms with van der Waals surface area (Å²) in [5.41, 5.74) is 4.82. The second-order valence-corrected chi connectivity index (χ2v) is 3.19. The van der Waals surface area contributed by atoms with Gasteiger partial charge in [0.25, 0.3) is 12.3 Å². The summed E-state index contributed by atoms with van der Waals surface area (Å²) in [5.74, 6) is -3.08. The second-order valence-electron chi connectivity index (χ2n) is 3.19. The van der Waals surface area contributed by atoms with Crippen LogP contribution in [0.2, 0.25) is 0 Å². The first-order chi connectivity index (χ1) is 6.41. The standard InChI is InChI=1S/C8H16F4N2/c1-2-3-14(4-7(9)10)6-8(11,12)5-13/h7H,2-6,13H2,1H3. The molecule has 0 aliphatic carbocycles. The van der Waals surface area contributed by atoms with E-state index in [0.717, 1.165) is 4.90 Å². The number of hydrogen-bond donors (Lipinski definition) is 1. The van der Waals surface area contributed by atoms with Gasteiger partial charge in [-0.25, -0.2) is 17.6 Å². The van der Waals surface area contributed by atoms with Crippen LogP contribution in [0, 0.1) is 0 Å². The van der Waals surface area contributed by atoms with Gasteiger partial charge in [0, 0.05) is 0 Å². The lowest BCUT2D eigenvalue weighted by Gasteiger charge is -2.25. The van der Waals surface area contributed by atoms with Gasteiger partial charge in [-0.15, -0.1) is 0 Å². The highest BCUT2D eigenvalue weighted by molar-refractivity contribution is 4.73. The zero-order valence-electron chi connectivity index (χ0n) is 8.15. The molecule has 2 N–H and O–H groups in total. The molecule has 0 aromatic rings. The first kappa shape index (κ1) is 13.6. The number of nitrogens with zero attached hydrogens (tertiary/aromatic N) is 1. The molecule has 14 heavy (non-hydrogen) atoms. The Labute approximate surface area is 81.1 Å². The van der Waals surface area contributed by atoms with Crippen molar-refractivity contribution >= 4 is 0 Å². The fraction of sp³-hybridized carbons (Fsp3) is 1.00. The van der Waals surface area contributed by atoms with Crippen molar-refractivity contribution in [2.24, 2.45) is 5.73 Å². The van der Waals surface area contributed by atoms with Crippen molar-refractivity contribution in [3.63, 3.8) is 0 Å². The van der Waals surface area contributed by atoms with Crippen LogP contribution in [0.3, 0.4) is 0 Å². The monoisotopic (exact) mass is 216 g/mol. The molecule has 0 amide bonds. The summed E-state index contributed by atoms with van der Waals surface area (Å²) in [7, 11) is 0. The SMILES string of the molecule is CCCN(CC(F)F)CC(F)(F)CN. The highest BCUT2D eigenvalue weighted by Crippen LogP contribution is 2.14. The molecule has 6 heteroatoms. The van der Waals surface area contributed by atoms with Gasteiger partial charge in [0.15, 0.2) is 0 Å². The van der Waals surface area contributed by atoms with Crippen LogP contribution in [0.5, 0.6) is 0 Å². The average molecular weight is 216 g/mol. The molecule has 0 saturated carbocycles. The maximum absolute atomic E-state index is 12.8. The third-order valence-electron chi connectivity index (χ3n) is 1.69. The zero-order valence-corrected chi connectivity index (χ0v) is 8.15. The van der Waals surface area contributed by atoms with Crippen LogP contribution in [0.15, 0.2) is 0 Å². The van der Waals surface area contributed by atoms with Gasteiger partial charge in [0.05, 0.1) is 19.6 Å². The van der Waals surface area contributed by atoms with Gasteiger partial charge in [-0.3, -0.25) is 4.90 Å². The molecule has 0 aromatic heterocycles. The Hall–Kier alpha value is -0.360. The van der Waals surface area contributed by atoms with Gasteiger partial charge in [0.2, 0.25) is 0 Å². The molecular weight excluding hydrogens is 200 g/mol. The van der Waals surface area contributed by atoms with Gasteiger partial charge in [0.1, 0.15) is 0 Å². The second kappa shape index (κ2) is 6.19. The average Bonchev–Trinajstić information content (AvgIpc) is 2.03. The molecule has 0 atom stereocenters. The Morgan fingerprint density at radius 1 is 1.36 bits per heavy atom. The Morgan fingerprint density at radius 2 is 1.93 bits per heavy atom. The lowest BCUT2D eigenvalue weighted by Crippen LogP contribution is -2.43. The Balaban J connectivity index is 4.07. The number of hydrogen-bond acceptors (Lipinski definition) is 2. The van der Waals surface area contributed by atoms with Crippen molar-refractivity contribution in [2.75, 3.05) is 26.2 Å². The van der Waals surface area contributed by atoms with Crippen LogP contribution < -0.4 is 5.73 Å². The zero-order chi connectivity index (χ0) is 11.2. The molecule has 0 spiro atoms. The van der Waals surface area contributed by atoms with Gasteiger partial charge >= 0.3 is 0 Å². The van der Waals surface area contributed by atoms with E-state index < -0.39 is 32.0 Å². The largest absolute Gasteiger partial charge is 0.325 e. The fourth-order valence-electron chi connectivity index (χ4n) is 1.14. The predicted octanol–water partition coefficient (Wildman–Crippen LogP) is 1.56. The van der Waals surface area contributed by atoms with Gasteiger partial charge in [-0.1, -0.05) is 6.92 Å². The Bertz CT molecular complexity index is 152. The molecular formula is C8H16F4N2. The number of alkyl halides is 4. The molecule has 2 nitrogen and oxygen atoms in total. The Morgan fingerprint density at radius 3 is 2.29 bits per heavy atom. The summed E-state index contributed by atoms with van der Waals surface area (Å²) in [6.45, 7) is -0.138. The molecule has 0 heterocycles. The van der Waals surface area contributed by atoms with Crippen molar-refractivity contribution in [3.8, 4) is 0 Å². The predicted molar refractivity (Wildman–Crippen MR) is 46.7 cm³/mol.